The number of aromatic amines is 1. The van der Waals surface area contributed by atoms with E-state index in [1.165, 1.54) is 7.11 Å². The van der Waals surface area contributed by atoms with Crippen LogP contribution in [0, 0.1) is 4.77 Å². The van der Waals surface area contributed by atoms with E-state index in [9.17, 15) is 4.79 Å². The first kappa shape index (κ1) is 11.0. The molecule has 1 rings (SSSR count). The maximum Gasteiger partial charge on any atom is 0.328 e. The summed E-state index contributed by atoms with van der Waals surface area (Å²) in [7, 11) is 1.38. The Morgan fingerprint density at radius 1 is 1.79 bits per heavy atom. The first-order chi connectivity index (χ1) is 6.61. The van der Waals surface area contributed by atoms with Crippen LogP contribution in [0.1, 0.15) is 25.6 Å². The molecule has 0 aliphatic rings. The van der Waals surface area contributed by atoms with E-state index in [-0.39, 0.29) is 12.0 Å². The summed E-state index contributed by atoms with van der Waals surface area (Å²) in [4.78, 5) is 14.2. The number of carbonyl (C=O) groups excluding carboxylic acids is 1. The molecule has 1 aromatic heterocycles. The van der Waals surface area contributed by atoms with Crippen molar-refractivity contribution in [1.29, 1.82) is 0 Å². The lowest BCUT2D eigenvalue weighted by Crippen LogP contribution is -2.19. The molecule has 1 N–H and O–H groups in total. The van der Waals surface area contributed by atoms with E-state index < -0.39 is 0 Å². The van der Waals surface area contributed by atoms with Gasteiger partial charge in [0.1, 0.15) is 6.04 Å². The van der Waals surface area contributed by atoms with Crippen molar-refractivity contribution >= 4 is 18.2 Å². The first-order valence-corrected chi connectivity index (χ1v) is 4.89. The number of nitrogens with one attached hydrogen (secondary N) is 1. The van der Waals surface area contributed by atoms with Gasteiger partial charge in [0, 0.05) is 11.9 Å². The van der Waals surface area contributed by atoms with Gasteiger partial charge in [-0.15, -0.1) is 0 Å². The Hall–Kier alpha value is -1.10. The molecule has 0 amide bonds. The maximum absolute atomic E-state index is 11.3. The number of ether oxygens (including phenoxy) is 1. The summed E-state index contributed by atoms with van der Waals surface area (Å²) in [6, 6.07) is -0.367. The monoisotopic (exact) mass is 214 g/mol. The summed E-state index contributed by atoms with van der Waals surface area (Å²) in [5, 5.41) is 0. The van der Waals surface area contributed by atoms with Gasteiger partial charge < -0.3 is 14.3 Å². The molecular weight excluding hydrogens is 200 g/mol. The minimum absolute atomic E-state index is 0.282. The molecule has 0 spiro atoms. The molecule has 4 nitrogen and oxygen atoms in total. The summed E-state index contributed by atoms with van der Waals surface area (Å²) in [6.45, 7) is 3.78. The Kier molecular flexibility index (Phi) is 3.46. The third-order valence-corrected chi connectivity index (χ3v) is 2.50. The number of hydrogen-bond acceptors (Lipinski definition) is 3. The molecule has 0 saturated heterocycles. The van der Waals surface area contributed by atoms with Crippen LogP contribution >= 0.6 is 12.2 Å². The van der Waals surface area contributed by atoms with Crippen LogP contribution in [0.5, 0.6) is 0 Å². The lowest BCUT2D eigenvalue weighted by Gasteiger charge is -2.13. The van der Waals surface area contributed by atoms with Crippen molar-refractivity contribution in [3.05, 3.63) is 16.7 Å². The lowest BCUT2D eigenvalue weighted by molar-refractivity contribution is -0.144. The molecule has 14 heavy (non-hydrogen) atoms. The summed E-state index contributed by atoms with van der Waals surface area (Å²) in [5.74, 6) is -0.282. The third kappa shape index (κ3) is 1.87. The van der Waals surface area contributed by atoms with Crippen LogP contribution < -0.4 is 0 Å². The lowest BCUT2D eigenvalue weighted by atomic mass is 10.3. The smallest absolute Gasteiger partial charge is 0.328 e. The van der Waals surface area contributed by atoms with Crippen molar-refractivity contribution in [2.24, 2.45) is 0 Å². The molecule has 1 atom stereocenters. The topological polar surface area (TPSA) is 47.0 Å². The van der Waals surface area contributed by atoms with Crippen molar-refractivity contribution in [3.63, 3.8) is 0 Å². The van der Waals surface area contributed by atoms with Crippen molar-refractivity contribution in [3.8, 4) is 0 Å². The zero-order chi connectivity index (χ0) is 10.7. The molecule has 5 heteroatoms. The highest BCUT2D eigenvalue weighted by Crippen LogP contribution is 2.13. The van der Waals surface area contributed by atoms with Gasteiger partial charge >= 0.3 is 5.97 Å². The Morgan fingerprint density at radius 2 is 2.43 bits per heavy atom. The van der Waals surface area contributed by atoms with Crippen molar-refractivity contribution in [2.75, 3.05) is 7.11 Å². The van der Waals surface area contributed by atoms with Gasteiger partial charge in [0.15, 0.2) is 4.77 Å². The fraction of sp³-hybridized carbons (Fsp3) is 0.556. The van der Waals surface area contributed by atoms with E-state index in [0.29, 0.717) is 4.77 Å². The first-order valence-electron chi connectivity index (χ1n) is 4.48. The zero-order valence-electron chi connectivity index (χ0n) is 8.53. The van der Waals surface area contributed by atoms with Gasteiger partial charge in [-0.2, -0.15) is 0 Å². The second-order valence-corrected chi connectivity index (χ2v) is 3.39. The highest BCUT2D eigenvalue weighted by molar-refractivity contribution is 7.71. The number of esters is 1. The normalized spacial score (nSPS) is 12.5. The van der Waals surface area contributed by atoms with Crippen LogP contribution in [-0.4, -0.2) is 22.6 Å². The third-order valence-electron chi connectivity index (χ3n) is 2.18. The number of hydrogen-bond donors (Lipinski definition) is 1. The van der Waals surface area contributed by atoms with Gasteiger partial charge in [-0.05, 0) is 25.6 Å². The van der Waals surface area contributed by atoms with E-state index in [1.807, 2.05) is 13.1 Å². The molecule has 0 aliphatic heterocycles. The fourth-order valence-corrected chi connectivity index (χ4v) is 1.72. The van der Waals surface area contributed by atoms with Gasteiger partial charge in [0.25, 0.3) is 0 Å². The Balaban J connectivity index is 3.10. The minimum atomic E-state index is -0.367. The Bertz CT molecular complexity index is 380. The van der Waals surface area contributed by atoms with Crippen molar-refractivity contribution in [1.82, 2.24) is 9.55 Å². The van der Waals surface area contributed by atoms with Gasteiger partial charge in [0.2, 0.25) is 0 Å². The number of aromatic nitrogens is 2. The number of aryl methyl sites for hydroxylation is 1. The van der Waals surface area contributed by atoms with Gasteiger partial charge in [-0.1, -0.05) is 6.92 Å². The number of carbonyl (C=O) groups is 1. The average Bonchev–Trinajstić information content (AvgIpc) is 2.57. The molecule has 0 aromatic carbocycles. The molecule has 1 aromatic rings. The summed E-state index contributed by atoms with van der Waals surface area (Å²) in [5.41, 5.74) is 1.01. The molecule has 0 fully saturated rings. The number of imidazole rings is 1. The number of rotatable bonds is 3. The van der Waals surface area contributed by atoms with Gasteiger partial charge in [0.05, 0.1) is 7.11 Å². The molecule has 1 heterocycles. The quantitative estimate of drug-likeness (QED) is 0.617. The van der Waals surface area contributed by atoms with Crippen LogP contribution in [0.2, 0.25) is 0 Å². The van der Waals surface area contributed by atoms with E-state index >= 15 is 0 Å². The molecular formula is C9H14N2O2S. The Morgan fingerprint density at radius 3 is 2.93 bits per heavy atom. The molecule has 1 unspecified atom stereocenters. The number of H-pyrrole nitrogens is 1. The molecule has 0 radical (unpaired) electrons. The average molecular weight is 214 g/mol. The molecule has 78 valence electrons. The largest absolute Gasteiger partial charge is 0.467 e. The standard InChI is InChI=1S/C9H14N2O2S/c1-4-7-5-10-9(14)11(7)6(2)8(12)13-3/h5-6H,4H2,1-3H3,(H,10,14). The van der Waals surface area contributed by atoms with Gasteiger partial charge in [-0.25, -0.2) is 4.79 Å². The zero-order valence-corrected chi connectivity index (χ0v) is 9.35. The predicted molar refractivity (Wildman–Crippen MR) is 55.7 cm³/mol. The molecule has 0 bridgehead atoms. The van der Waals surface area contributed by atoms with Crippen LogP contribution in [0.3, 0.4) is 0 Å². The number of methoxy groups -OCH3 is 1. The van der Waals surface area contributed by atoms with E-state index in [4.69, 9.17) is 12.2 Å². The van der Waals surface area contributed by atoms with E-state index in [1.54, 1.807) is 11.5 Å². The van der Waals surface area contributed by atoms with Crippen molar-refractivity contribution < 1.29 is 9.53 Å². The highest BCUT2D eigenvalue weighted by Gasteiger charge is 2.18. The number of nitrogens with zero attached hydrogens (tertiary/aromatic N) is 1. The minimum Gasteiger partial charge on any atom is -0.467 e. The summed E-state index contributed by atoms with van der Waals surface area (Å²) < 4.78 is 7.00. The van der Waals surface area contributed by atoms with E-state index in [0.717, 1.165) is 12.1 Å². The van der Waals surface area contributed by atoms with Crippen LogP contribution in [-0.2, 0) is 16.0 Å². The second kappa shape index (κ2) is 4.41. The van der Waals surface area contributed by atoms with E-state index in [2.05, 4.69) is 9.72 Å². The Labute approximate surface area is 87.9 Å². The second-order valence-electron chi connectivity index (χ2n) is 3.01. The highest BCUT2D eigenvalue weighted by atomic mass is 32.1. The van der Waals surface area contributed by atoms with Crippen LogP contribution in [0.4, 0.5) is 0 Å². The summed E-state index contributed by atoms with van der Waals surface area (Å²) >= 11 is 5.08. The molecule has 0 saturated carbocycles. The van der Waals surface area contributed by atoms with Crippen LogP contribution in [0.25, 0.3) is 0 Å². The summed E-state index contributed by atoms with van der Waals surface area (Å²) in [6.07, 6.45) is 2.65. The predicted octanol–water partition coefficient (Wildman–Crippen LogP) is 1.84. The fourth-order valence-electron chi connectivity index (χ4n) is 1.39. The molecule has 0 aliphatic carbocycles. The maximum atomic E-state index is 11.3. The van der Waals surface area contributed by atoms with Gasteiger partial charge in [-0.3, -0.25) is 0 Å². The SMILES string of the molecule is CCc1c[nH]c(=S)n1C(C)C(=O)OC. The van der Waals surface area contributed by atoms with Crippen LogP contribution in [0.15, 0.2) is 6.20 Å². The van der Waals surface area contributed by atoms with Crippen molar-refractivity contribution in [2.45, 2.75) is 26.3 Å².